The van der Waals surface area contributed by atoms with E-state index in [0.717, 1.165) is 30.0 Å². The summed E-state index contributed by atoms with van der Waals surface area (Å²) in [5, 5.41) is 2.42. The minimum atomic E-state index is -0.884. The van der Waals surface area contributed by atoms with Gasteiger partial charge in [-0.2, -0.15) is 0 Å². The molecule has 0 fully saturated rings. The first-order valence-corrected chi connectivity index (χ1v) is 7.16. The average molecular weight is 336 g/mol. The van der Waals surface area contributed by atoms with Crippen LogP contribution in [-0.2, 0) is 4.79 Å². The van der Waals surface area contributed by atoms with Crippen molar-refractivity contribution in [3.63, 3.8) is 0 Å². The molecule has 0 bridgehead atoms. The lowest BCUT2D eigenvalue weighted by atomic mass is 10.2. The van der Waals surface area contributed by atoms with Crippen LogP contribution in [0.2, 0.25) is 0 Å². The van der Waals surface area contributed by atoms with Crippen LogP contribution in [0, 0.1) is 17.5 Å². The number of nitrogens with one attached hydrogen (secondary N) is 1. The fraction of sp³-hybridized carbons (Fsp3) is 0.176. The third-order valence-electron chi connectivity index (χ3n) is 3.33. The van der Waals surface area contributed by atoms with E-state index in [1.165, 1.54) is 24.3 Å². The molecule has 0 spiro atoms. The van der Waals surface area contributed by atoms with Gasteiger partial charge in [-0.15, -0.1) is 0 Å². The van der Waals surface area contributed by atoms with Gasteiger partial charge in [-0.25, -0.2) is 13.2 Å². The highest BCUT2D eigenvalue weighted by molar-refractivity contribution is 5.95. The van der Waals surface area contributed by atoms with E-state index in [0.29, 0.717) is 0 Å². The standard InChI is InChI=1S/C17H15F3N2O2/c1-11(23)22(16-14(19)7-4-8-15(16)20)10-9-21-17(24)12-5-2-3-6-13(12)18/h2-8H,9-10H2,1H3,(H,21,24). The molecule has 0 radical (unpaired) electrons. The van der Waals surface area contributed by atoms with Crippen molar-refractivity contribution >= 4 is 17.5 Å². The van der Waals surface area contributed by atoms with Crippen molar-refractivity contribution in [1.29, 1.82) is 0 Å². The molecule has 2 rings (SSSR count). The first-order valence-electron chi connectivity index (χ1n) is 7.16. The number of amides is 2. The number of carbonyl (C=O) groups excluding carboxylic acids is 2. The van der Waals surface area contributed by atoms with E-state index in [2.05, 4.69) is 5.32 Å². The molecular formula is C17H15F3N2O2. The molecule has 0 saturated carbocycles. The molecule has 2 amide bonds. The van der Waals surface area contributed by atoms with E-state index in [4.69, 9.17) is 0 Å². The SMILES string of the molecule is CC(=O)N(CCNC(=O)c1ccccc1F)c1c(F)cccc1F. The Morgan fingerprint density at radius 2 is 1.54 bits per heavy atom. The number of anilines is 1. The number of halogens is 3. The van der Waals surface area contributed by atoms with Crippen LogP contribution in [0.5, 0.6) is 0 Å². The highest BCUT2D eigenvalue weighted by atomic mass is 19.1. The van der Waals surface area contributed by atoms with Gasteiger partial charge in [-0.1, -0.05) is 18.2 Å². The van der Waals surface area contributed by atoms with Gasteiger partial charge < -0.3 is 10.2 Å². The van der Waals surface area contributed by atoms with Crippen molar-refractivity contribution in [2.75, 3.05) is 18.0 Å². The van der Waals surface area contributed by atoms with Crippen LogP contribution in [0.3, 0.4) is 0 Å². The van der Waals surface area contributed by atoms with E-state index >= 15 is 0 Å². The van der Waals surface area contributed by atoms with Crippen LogP contribution in [0.1, 0.15) is 17.3 Å². The fourth-order valence-electron chi connectivity index (χ4n) is 2.20. The van der Waals surface area contributed by atoms with Crippen LogP contribution >= 0.6 is 0 Å². The van der Waals surface area contributed by atoms with Crippen molar-refractivity contribution in [3.05, 3.63) is 65.5 Å². The molecule has 126 valence electrons. The van der Waals surface area contributed by atoms with Crippen molar-refractivity contribution in [3.8, 4) is 0 Å². The molecule has 0 saturated heterocycles. The molecule has 1 N–H and O–H groups in total. The molecule has 2 aromatic carbocycles. The summed E-state index contributed by atoms with van der Waals surface area (Å²) in [6, 6.07) is 8.67. The van der Waals surface area contributed by atoms with Gasteiger partial charge in [0.2, 0.25) is 5.91 Å². The van der Waals surface area contributed by atoms with Gasteiger partial charge in [0.05, 0.1) is 5.56 Å². The predicted octanol–water partition coefficient (Wildman–Crippen LogP) is 2.89. The van der Waals surface area contributed by atoms with Crippen LogP contribution in [0.25, 0.3) is 0 Å². The summed E-state index contributed by atoms with van der Waals surface area (Å²) in [5.41, 5.74) is -0.630. The van der Waals surface area contributed by atoms with Crippen LogP contribution < -0.4 is 10.2 Å². The van der Waals surface area contributed by atoms with E-state index < -0.39 is 35.0 Å². The normalized spacial score (nSPS) is 10.3. The highest BCUT2D eigenvalue weighted by Crippen LogP contribution is 2.23. The molecule has 7 heteroatoms. The zero-order valence-corrected chi connectivity index (χ0v) is 12.9. The summed E-state index contributed by atoms with van der Waals surface area (Å²) in [5.74, 6) is -3.71. The number of rotatable bonds is 5. The van der Waals surface area contributed by atoms with Gasteiger partial charge >= 0.3 is 0 Å². The van der Waals surface area contributed by atoms with Crippen molar-refractivity contribution in [2.45, 2.75) is 6.92 Å². The number of nitrogens with zero attached hydrogens (tertiary/aromatic N) is 1. The van der Waals surface area contributed by atoms with Gasteiger partial charge in [0, 0.05) is 20.0 Å². The van der Waals surface area contributed by atoms with Crippen LogP contribution in [0.15, 0.2) is 42.5 Å². The molecule has 0 aliphatic heterocycles. The molecule has 2 aromatic rings. The lowest BCUT2D eigenvalue weighted by molar-refractivity contribution is -0.116. The molecule has 0 aliphatic rings. The molecule has 0 heterocycles. The predicted molar refractivity (Wildman–Crippen MR) is 83.1 cm³/mol. The van der Waals surface area contributed by atoms with Gasteiger partial charge in [0.15, 0.2) is 0 Å². The average Bonchev–Trinajstić information content (AvgIpc) is 2.53. The third kappa shape index (κ3) is 3.92. The Balaban J connectivity index is 2.07. The first kappa shape index (κ1) is 17.5. The second-order valence-electron chi connectivity index (χ2n) is 4.98. The molecule has 0 atom stereocenters. The summed E-state index contributed by atoms with van der Waals surface area (Å²) in [6.07, 6.45) is 0. The number of benzene rings is 2. The maximum Gasteiger partial charge on any atom is 0.254 e. The maximum atomic E-state index is 13.8. The van der Waals surface area contributed by atoms with Gasteiger partial charge in [-0.3, -0.25) is 9.59 Å². The Morgan fingerprint density at radius 1 is 0.958 bits per heavy atom. The summed E-state index contributed by atoms with van der Waals surface area (Å²) < 4.78 is 41.1. The molecular weight excluding hydrogens is 321 g/mol. The Morgan fingerprint density at radius 3 is 2.12 bits per heavy atom. The van der Waals surface area contributed by atoms with E-state index in [-0.39, 0.29) is 18.7 Å². The minimum absolute atomic E-state index is 0.0967. The minimum Gasteiger partial charge on any atom is -0.350 e. The second-order valence-corrected chi connectivity index (χ2v) is 4.98. The zero-order valence-electron chi connectivity index (χ0n) is 12.9. The summed E-state index contributed by atoms with van der Waals surface area (Å²) in [7, 11) is 0. The fourth-order valence-corrected chi connectivity index (χ4v) is 2.20. The first-order chi connectivity index (χ1) is 11.4. The maximum absolute atomic E-state index is 13.8. The third-order valence-corrected chi connectivity index (χ3v) is 3.33. The second kappa shape index (κ2) is 7.63. The lowest BCUT2D eigenvalue weighted by Gasteiger charge is -2.22. The Kier molecular flexibility index (Phi) is 5.57. The number of carbonyl (C=O) groups is 2. The van der Waals surface area contributed by atoms with Gasteiger partial charge in [0.1, 0.15) is 23.1 Å². The van der Waals surface area contributed by atoms with E-state index in [1.54, 1.807) is 0 Å². The quantitative estimate of drug-likeness (QED) is 0.913. The number of hydrogen-bond donors (Lipinski definition) is 1. The molecule has 0 aliphatic carbocycles. The summed E-state index contributed by atoms with van der Waals surface area (Å²) in [4.78, 5) is 24.4. The lowest BCUT2D eigenvalue weighted by Crippen LogP contribution is -2.38. The number of para-hydroxylation sites is 1. The van der Waals surface area contributed by atoms with E-state index in [1.807, 2.05) is 0 Å². The van der Waals surface area contributed by atoms with Gasteiger partial charge in [0.25, 0.3) is 5.91 Å². The summed E-state index contributed by atoms with van der Waals surface area (Å²) in [6.45, 7) is 0.901. The molecule has 4 nitrogen and oxygen atoms in total. The largest absolute Gasteiger partial charge is 0.350 e. The van der Waals surface area contributed by atoms with Crippen LogP contribution in [0.4, 0.5) is 18.9 Å². The highest BCUT2D eigenvalue weighted by Gasteiger charge is 2.20. The Bertz CT molecular complexity index is 745. The molecule has 0 aromatic heterocycles. The molecule has 24 heavy (non-hydrogen) atoms. The smallest absolute Gasteiger partial charge is 0.254 e. The Labute approximate surface area is 136 Å². The zero-order chi connectivity index (χ0) is 17.7. The van der Waals surface area contributed by atoms with Crippen molar-refractivity contribution in [1.82, 2.24) is 5.32 Å². The molecule has 0 unspecified atom stereocenters. The Hall–Kier alpha value is -2.83. The summed E-state index contributed by atoms with van der Waals surface area (Å²) >= 11 is 0. The number of hydrogen-bond acceptors (Lipinski definition) is 2. The topological polar surface area (TPSA) is 49.4 Å². The monoisotopic (exact) mass is 336 g/mol. The van der Waals surface area contributed by atoms with Crippen molar-refractivity contribution in [2.24, 2.45) is 0 Å². The van der Waals surface area contributed by atoms with Crippen LogP contribution in [-0.4, -0.2) is 24.9 Å². The van der Waals surface area contributed by atoms with Crippen molar-refractivity contribution < 1.29 is 22.8 Å². The van der Waals surface area contributed by atoms with Gasteiger partial charge in [-0.05, 0) is 24.3 Å². The van der Waals surface area contributed by atoms with E-state index in [9.17, 15) is 22.8 Å².